The molecule has 3 aromatic rings. The van der Waals surface area contributed by atoms with Crippen molar-refractivity contribution < 1.29 is 9.53 Å². The minimum Gasteiger partial charge on any atom is -0.487 e. The van der Waals surface area contributed by atoms with Gasteiger partial charge in [-0.15, -0.1) is 0 Å². The number of nitrogen functional groups attached to an aromatic ring is 1. The molecule has 8 heteroatoms. The number of pyridine rings is 1. The number of carbonyl (C=O) groups is 1. The number of hydrogen-bond acceptors (Lipinski definition) is 6. The van der Waals surface area contributed by atoms with Gasteiger partial charge in [0, 0.05) is 42.8 Å². The average Bonchev–Trinajstić information content (AvgIpc) is 3.20. The zero-order chi connectivity index (χ0) is 21.5. The first kappa shape index (κ1) is 20.9. The highest BCUT2D eigenvalue weighted by molar-refractivity contribution is 5.93. The molecule has 1 amide bonds. The number of aryl methyl sites for hydroxylation is 1. The van der Waals surface area contributed by atoms with Crippen LogP contribution in [0.5, 0.6) is 5.75 Å². The van der Waals surface area contributed by atoms with Crippen molar-refractivity contribution in [3.63, 3.8) is 0 Å². The Morgan fingerprint density at radius 2 is 2.07 bits per heavy atom. The normalized spacial score (nSPS) is 10.5. The molecule has 0 saturated heterocycles. The Morgan fingerprint density at radius 1 is 1.30 bits per heavy atom. The summed E-state index contributed by atoms with van der Waals surface area (Å²) in [6.07, 6.45) is 3.28. The molecule has 0 aliphatic heterocycles. The van der Waals surface area contributed by atoms with Crippen LogP contribution in [0.4, 0.5) is 5.82 Å². The maximum atomic E-state index is 12.6. The first-order valence-electron chi connectivity index (χ1n) is 9.55. The molecule has 156 valence electrons. The molecular formula is C22H26N6O2. The first-order valence-corrected chi connectivity index (χ1v) is 9.55. The summed E-state index contributed by atoms with van der Waals surface area (Å²) < 4.78 is 7.54. The van der Waals surface area contributed by atoms with Crippen LogP contribution >= 0.6 is 0 Å². The molecule has 0 bridgehead atoms. The van der Waals surface area contributed by atoms with Gasteiger partial charge in [0.15, 0.2) is 0 Å². The second-order valence-electron chi connectivity index (χ2n) is 6.85. The lowest BCUT2D eigenvalue weighted by atomic mass is 10.1. The SMILES string of the molecule is C=C(COc1cc(N)nc(C)c1CNC(=O)c1cnn(Cc2ccccc2)c1)NC. The molecule has 3 rings (SSSR count). The molecule has 0 radical (unpaired) electrons. The lowest BCUT2D eigenvalue weighted by Gasteiger charge is -2.15. The highest BCUT2D eigenvalue weighted by atomic mass is 16.5. The van der Waals surface area contributed by atoms with Crippen LogP contribution < -0.4 is 21.1 Å². The number of likely N-dealkylation sites (N-methyl/N-ethyl adjacent to an activating group) is 1. The van der Waals surface area contributed by atoms with Crippen LogP contribution in [0.2, 0.25) is 0 Å². The Kier molecular flexibility index (Phi) is 6.69. The molecule has 0 fully saturated rings. The number of benzene rings is 1. The molecule has 0 aliphatic rings. The van der Waals surface area contributed by atoms with Crippen molar-refractivity contribution in [1.29, 1.82) is 0 Å². The molecule has 0 unspecified atom stereocenters. The van der Waals surface area contributed by atoms with E-state index in [1.807, 2.05) is 37.3 Å². The van der Waals surface area contributed by atoms with Crippen molar-refractivity contribution in [2.75, 3.05) is 19.4 Å². The van der Waals surface area contributed by atoms with E-state index in [9.17, 15) is 4.79 Å². The van der Waals surface area contributed by atoms with Crippen LogP contribution in [0, 0.1) is 6.92 Å². The minimum atomic E-state index is -0.226. The third-order valence-electron chi connectivity index (χ3n) is 4.57. The Hall–Kier alpha value is -3.81. The molecule has 2 heterocycles. The fourth-order valence-corrected chi connectivity index (χ4v) is 2.88. The predicted octanol–water partition coefficient (Wildman–Crippen LogP) is 2.26. The zero-order valence-electron chi connectivity index (χ0n) is 17.2. The average molecular weight is 406 g/mol. The van der Waals surface area contributed by atoms with Gasteiger partial charge in [-0.3, -0.25) is 9.48 Å². The van der Waals surface area contributed by atoms with E-state index in [0.717, 1.165) is 16.8 Å². The summed E-state index contributed by atoms with van der Waals surface area (Å²) in [5.74, 6) is 0.697. The maximum Gasteiger partial charge on any atom is 0.254 e. The molecule has 2 aromatic heterocycles. The van der Waals surface area contributed by atoms with Gasteiger partial charge in [0.05, 0.1) is 18.3 Å². The molecule has 4 N–H and O–H groups in total. The number of rotatable bonds is 9. The molecule has 0 atom stereocenters. The lowest BCUT2D eigenvalue weighted by Crippen LogP contribution is -2.24. The van der Waals surface area contributed by atoms with E-state index in [4.69, 9.17) is 10.5 Å². The van der Waals surface area contributed by atoms with Crippen LogP contribution in [0.25, 0.3) is 0 Å². The molecule has 0 spiro atoms. The van der Waals surface area contributed by atoms with Crippen molar-refractivity contribution in [2.24, 2.45) is 0 Å². The Bertz CT molecular complexity index is 1030. The molecule has 30 heavy (non-hydrogen) atoms. The maximum absolute atomic E-state index is 12.6. The van der Waals surface area contributed by atoms with E-state index in [1.54, 1.807) is 30.2 Å². The number of aromatic nitrogens is 3. The molecule has 8 nitrogen and oxygen atoms in total. The molecule has 0 aliphatic carbocycles. The van der Waals surface area contributed by atoms with Crippen LogP contribution in [-0.4, -0.2) is 34.3 Å². The highest BCUT2D eigenvalue weighted by Crippen LogP contribution is 2.24. The number of carbonyl (C=O) groups excluding carboxylic acids is 1. The summed E-state index contributed by atoms with van der Waals surface area (Å²) in [5, 5.41) is 10.1. The van der Waals surface area contributed by atoms with Gasteiger partial charge in [0.1, 0.15) is 18.2 Å². The van der Waals surface area contributed by atoms with Crippen LogP contribution in [-0.2, 0) is 13.1 Å². The number of nitrogens with two attached hydrogens (primary N) is 1. The number of amides is 1. The van der Waals surface area contributed by atoms with Gasteiger partial charge in [0.2, 0.25) is 0 Å². The van der Waals surface area contributed by atoms with Crippen molar-refractivity contribution in [1.82, 2.24) is 25.4 Å². The standard InChI is InChI=1S/C22H26N6O2/c1-15(24-3)14-30-20-9-21(23)27-16(2)19(20)11-25-22(29)18-10-26-28(13-18)12-17-7-5-4-6-8-17/h4-10,13,24H,1,11-12,14H2,2-3H3,(H2,23,27)(H,25,29). The molecule has 0 saturated carbocycles. The topological polar surface area (TPSA) is 107 Å². The Morgan fingerprint density at radius 3 is 2.80 bits per heavy atom. The summed E-state index contributed by atoms with van der Waals surface area (Å²) in [4.78, 5) is 16.9. The summed E-state index contributed by atoms with van der Waals surface area (Å²) in [7, 11) is 1.77. The second kappa shape index (κ2) is 9.60. The molecule has 1 aromatic carbocycles. The first-order chi connectivity index (χ1) is 14.5. The van der Waals surface area contributed by atoms with Gasteiger partial charge in [-0.2, -0.15) is 5.10 Å². The highest BCUT2D eigenvalue weighted by Gasteiger charge is 2.14. The fourth-order valence-electron chi connectivity index (χ4n) is 2.88. The fraction of sp³-hybridized carbons (Fsp3) is 0.227. The number of nitrogens with one attached hydrogen (secondary N) is 2. The summed E-state index contributed by atoms with van der Waals surface area (Å²) in [6.45, 7) is 6.81. The van der Waals surface area contributed by atoms with Gasteiger partial charge >= 0.3 is 0 Å². The monoisotopic (exact) mass is 406 g/mol. The summed E-state index contributed by atoms with van der Waals surface area (Å²) >= 11 is 0. The predicted molar refractivity (Wildman–Crippen MR) is 116 cm³/mol. The van der Waals surface area contributed by atoms with E-state index in [0.29, 0.717) is 29.4 Å². The van der Waals surface area contributed by atoms with E-state index >= 15 is 0 Å². The van der Waals surface area contributed by atoms with Gasteiger partial charge in [0.25, 0.3) is 5.91 Å². The lowest BCUT2D eigenvalue weighted by molar-refractivity contribution is 0.0950. The van der Waals surface area contributed by atoms with Crippen molar-refractivity contribution >= 4 is 11.7 Å². The number of anilines is 1. The van der Waals surface area contributed by atoms with Crippen molar-refractivity contribution in [3.8, 4) is 5.75 Å². The summed E-state index contributed by atoms with van der Waals surface area (Å²) in [6, 6.07) is 11.6. The smallest absolute Gasteiger partial charge is 0.254 e. The Balaban J connectivity index is 1.66. The quantitative estimate of drug-likeness (QED) is 0.503. The van der Waals surface area contributed by atoms with Crippen LogP contribution in [0.1, 0.15) is 27.2 Å². The van der Waals surface area contributed by atoms with Gasteiger partial charge < -0.3 is 21.1 Å². The van der Waals surface area contributed by atoms with Gasteiger partial charge in [-0.25, -0.2) is 4.98 Å². The third-order valence-corrected chi connectivity index (χ3v) is 4.57. The van der Waals surface area contributed by atoms with Gasteiger partial charge in [-0.1, -0.05) is 36.9 Å². The zero-order valence-corrected chi connectivity index (χ0v) is 17.2. The van der Waals surface area contributed by atoms with Crippen LogP contribution in [0.15, 0.2) is 61.1 Å². The van der Waals surface area contributed by atoms with Crippen molar-refractivity contribution in [3.05, 3.63) is 83.5 Å². The van der Waals surface area contributed by atoms with Crippen LogP contribution in [0.3, 0.4) is 0 Å². The number of ether oxygens (including phenoxy) is 1. The second-order valence-corrected chi connectivity index (χ2v) is 6.85. The number of hydrogen-bond donors (Lipinski definition) is 3. The largest absolute Gasteiger partial charge is 0.487 e. The third kappa shape index (κ3) is 5.38. The van der Waals surface area contributed by atoms with Gasteiger partial charge in [-0.05, 0) is 12.5 Å². The number of nitrogens with zero attached hydrogens (tertiary/aromatic N) is 3. The Labute approximate surface area is 175 Å². The summed E-state index contributed by atoms with van der Waals surface area (Å²) in [5.41, 5.74) is 9.63. The van der Waals surface area contributed by atoms with E-state index < -0.39 is 0 Å². The van der Waals surface area contributed by atoms with E-state index in [-0.39, 0.29) is 19.1 Å². The molecular weight excluding hydrogens is 380 g/mol. The van der Waals surface area contributed by atoms with E-state index in [1.165, 1.54) is 0 Å². The minimum absolute atomic E-state index is 0.226. The van der Waals surface area contributed by atoms with Crippen molar-refractivity contribution in [2.45, 2.75) is 20.0 Å². The van der Waals surface area contributed by atoms with E-state index in [2.05, 4.69) is 27.3 Å².